The van der Waals surface area contributed by atoms with Crippen LogP contribution in [0.2, 0.25) is 0 Å². The van der Waals surface area contributed by atoms with Gasteiger partial charge in [-0.2, -0.15) is 0 Å². The van der Waals surface area contributed by atoms with Gasteiger partial charge in [0.25, 0.3) is 0 Å². The quantitative estimate of drug-likeness (QED) is 0.886. The maximum atomic E-state index is 4.59. The lowest BCUT2D eigenvalue weighted by molar-refractivity contribution is 0.636. The lowest BCUT2D eigenvalue weighted by atomic mass is 10.2. The summed E-state index contributed by atoms with van der Waals surface area (Å²) in [6.07, 6.45) is 2.13. The van der Waals surface area contributed by atoms with E-state index in [1.807, 2.05) is 18.3 Å². The third-order valence-corrected chi connectivity index (χ3v) is 4.28. The zero-order valence-electron chi connectivity index (χ0n) is 12.4. The number of hydrogen-bond donors (Lipinski definition) is 1. The van der Waals surface area contributed by atoms with E-state index in [0.29, 0.717) is 12.0 Å². The molecule has 0 bridgehead atoms. The molecule has 0 radical (unpaired) electrons. The van der Waals surface area contributed by atoms with Gasteiger partial charge in [0.05, 0.1) is 11.7 Å². The van der Waals surface area contributed by atoms with E-state index in [-0.39, 0.29) is 0 Å². The van der Waals surface area contributed by atoms with E-state index in [9.17, 15) is 0 Å². The average molecular weight is 277 g/mol. The van der Waals surface area contributed by atoms with Crippen LogP contribution in [-0.2, 0) is 0 Å². The maximum absolute atomic E-state index is 4.59. The highest BCUT2D eigenvalue weighted by Gasteiger charge is 2.15. The molecule has 1 unspecified atom stereocenters. The predicted molar refractivity (Wildman–Crippen MR) is 83.2 cm³/mol. The topological polar surface area (TPSA) is 29.9 Å². The first-order valence-corrected chi connectivity index (χ1v) is 7.64. The molecule has 3 nitrogen and oxygen atoms in total. The van der Waals surface area contributed by atoms with Crippen molar-refractivity contribution in [3.05, 3.63) is 33.8 Å². The Morgan fingerprint density at radius 3 is 2.58 bits per heavy atom. The summed E-state index contributed by atoms with van der Waals surface area (Å²) in [4.78, 5) is 7.33. The van der Waals surface area contributed by atoms with Crippen molar-refractivity contribution in [3.63, 3.8) is 0 Å². The van der Waals surface area contributed by atoms with E-state index >= 15 is 0 Å². The zero-order chi connectivity index (χ0) is 14.0. The van der Waals surface area contributed by atoms with E-state index in [1.165, 1.54) is 9.75 Å². The molecule has 4 heteroatoms. The van der Waals surface area contributed by atoms with Crippen LogP contribution in [0.3, 0.4) is 0 Å². The van der Waals surface area contributed by atoms with Gasteiger partial charge >= 0.3 is 0 Å². The van der Waals surface area contributed by atoms with Crippen LogP contribution in [0.5, 0.6) is 0 Å². The number of anilines is 1. The van der Waals surface area contributed by atoms with Gasteiger partial charge in [0, 0.05) is 22.5 Å². The predicted octanol–water partition coefficient (Wildman–Crippen LogP) is 4.24. The monoisotopic (exact) mass is 277 g/mol. The number of hydrogen-bond acceptors (Lipinski definition) is 3. The van der Waals surface area contributed by atoms with Crippen LogP contribution in [0.25, 0.3) is 0 Å². The summed E-state index contributed by atoms with van der Waals surface area (Å²) in [5.41, 5.74) is 1.06. The van der Waals surface area contributed by atoms with Gasteiger partial charge in [-0.25, -0.2) is 4.98 Å². The van der Waals surface area contributed by atoms with Gasteiger partial charge in [-0.3, -0.25) is 0 Å². The molecule has 0 spiro atoms. The second-order valence-electron chi connectivity index (χ2n) is 5.51. The second-order valence-corrected chi connectivity index (χ2v) is 6.83. The third-order valence-electron chi connectivity index (χ3n) is 3.11. The number of rotatable bonds is 5. The molecule has 1 atom stereocenters. The summed E-state index contributed by atoms with van der Waals surface area (Å²) in [6.45, 7) is 11.8. The SMILES string of the molecule is Cc1cn(C(C)c2ccc(C)s2)c(NCC(C)C)n1. The Balaban J connectivity index is 2.23. The number of nitrogens with zero attached hydrogens (tertiary/aromatic N) is 2. The standard InChI is InChI=1S/C15H23N3S/c1-10(2)8-16-15-17-11(3)9-18(15)13(5)14-7-6-12(4)19-14/h6-7,9-10,13H,8H2,1-5H3,(H,16,17). The Labute approximate surface area is 119 Å². The summed E-state index contributed by atoms with van der Waals surface area (Å²) < 4.78 is 2.24. The van der Waals surface area contributed by atoms with Crippen LogP contribution in [0.15, 0.2) is 18.3 Å². The van der Waals surface area contributed by atoms with Crippen LogP contribution in [0.1, 0.15) is 42.3 Å². The summed E-state index contributed by atoms with van der Waals surface area (Å²) in [5, 5.41) is 3.45. The van der Waals surface area contributed by atoms with E-state index in [0.717, 1.165) is 18.2 Å². The number of thiophene rings is 1. The molecule has 104 valence electrons. The second kappa shape index (κ2) is 5.78. The molecule has 19 heavy (non-hydrogen) atoms. The van der Waals surface area contributed by atoms with E-state index in [2.05, 4.69) is 60.9 Å². The average Bonchev–Trinajstić information content (AvgIpc) is 2.92. The smallest absolute Gasteiger partial charge is 0.203 e. The molecule has 0 aliphatic carbocycles. The Morgan fingerprint density at radius 1 is 1.26 bits per heavy atom. The summed E-state index contributed by atoms with van der Waals surface area (Å²) in [5.74, 6) is 1.59. The highest BCUT2D eigenvalue weighted by molar-refractivity contribution is 7.12. The molecular formula is C15H23N3S. The Bertz CT molecular complexity index is 539. The molecule has 1 N–H and O–H groups in total. The Hall–Kier alpha value is -1.29. The normalized spacial score (nSPS) is 12.9. The molecule has 0 fully saturated rings. The fourth-order valence-corrected chi connectivity index (χ4v) is 2.98. The van der Waals surface area contributed by atoms with Crippen LogP contribution in [0.4, 0.5) is 5.95 Å². The zero-order valence-corrected chi connectivity index (χ0v) is 13.2. The van der Waals surface area contributed by atoms with Gasteiger partial charge in [0.2, 0.25) is 5.95 Å². The van der Waals surface area contributed by atoms with Crippen molar-refractivity contribution in [1.82, 2.24) is 9.55 Å². The van der Waals surface area contributed by atoms with E-state index in [4.69, 9.17) is 0 Å². The van der Waals surface area contributed by atoms with Crippen molar-refractivity contribution in [2.45, 2.75) is 40.7 Å². The summed E-state index contributed by atoms with van der Waals surface area (Å²) >= 11 is 1.86. The molecule has 0 aromatic carbocycles. The fourth-order valence-electron chi connectivity index (χ4n) is 2.05. The van der Waals surface area contributed by atoms with Gasteiger partial charge < -0.3 is 9.88 Å². The summed E-state index contributed by atoms with van der Waals surface area (Å²) in [7, 11) is 0. The molecule has 0 aliphatic rings. The molecule has 2 rings (SSSR count). The Kier molecular flexibility index (Phi) is 4.30. The third kappa shape index (κ3) is 3.38. The van der Waals surface area contributed by atoms with Gasteiger partial charge in [-0.15, -0.1) is 11.3 Å². The molecule has 2 heterocycles. The number of nitrogens with one attached hydrogen (secondary N) is 1. The van der Waals surface area contributed by atoms with Crippen molar-refractivity contribution < 1.29 is 0 Å². The molecule has 2 aromatic heterocycles. The van der Waals surface area contributed by atoms with E-state index < -0.39 is 0 Å². The van der Waals surface area contributed by atoms with Gasteiger partial charge in [-0.1, -0.05) is 13.8 Å². The van der Waals surface area contributed by atoms with Crippen molar-refractivity contribution in [2.24, 2.45) is 5.92 Å². The van der Waals surface area contributed by atoms with Crippen molar-refractivity contribution >= 4 is 17.3 Å². The van der Waals surface area contributed by atoms with Crippen molar-refractivity contribution in [2.75, 3.05) is 11.9 Å². The van der Waals surface area contributed by atoms with Gasteiger partial charge in [-0.05, 0) is 38.8 Å². The minimum absolute atomic E-state index is 0.328. The number of imidazole rings is 1. The number of aryl methyl sites for hydroxylation is 2. The number of aromatic nitrogens is 2. The lowest BCUT2D eigenvalue weighted by Crippen LogP contribution is -2.14. The molecule has 2 aromatic rings. The Morgan fingerprint density at radius 2 is 2.00 bits per heavy atom. The minimum Gasteiger partial charge on any atom is -0.355 e. The van der Waals surface area contributed by atoms with Crippen LogP contribution >= 0.6 is 11.3 Å². The molecule has 0 amide bonds. The first kappa shape index (κ1) is 14.1. The molecule has 0 aliphatic heterocycles. The first-order chi connectivity index (χ1) is 8.97. The van der Waals surface area contributed by atoms with Crippen molar-refractivity contribution in [3.8, 4) is 0 Å². The fraction of sp³-hybridized carbons (Fsp3) is 0.533. The molecule has 0 saturated heterocycles. The minimum atomic E-state index is 0.328. The largest absolute Gasteiger partial charge is 0.355 e. The van der Waals surface area contributed by atoms with Crippen LogP contribution < -0.4 is 5.32 Å². The molecule has 0 saturated carbocycles. The first-order valence-electron chi connectivity index (χ1n) is 6.83. The van der Waals surface area contributed by atoms with Crippen LogP contribution in [0, 0.1) is 19.8 Å². The lowest BCUT2D eigenvalue weighted by Gasteiger charge is -2.16. The highest BCUT2D eigenvalue weighted by Crippen LogP contribution is 2.28. The van der Waals surface area contributed by atoms with E-state index in [1.54, 1.807) is 0 Å². The van der Waals surface area contributed by atoms with Crippen molar-refractivity contribution in [1.29, 1.82) is 0 Å². The molecular weight excluding hydrogens is 254 g/mol. The van der Waals surface area contributed by atoms with Crippen LogP contribution in [-0.4, -0.2) is 16.1 Å². The maximum Gasteiger partial charge on any atom is 0.203 e. The highest BCUT2D eigenvalue weighted by atomic mass is 32.1. The van der Waals surface area contributed by atoms with Gasteiger partial charge in [0.1, 0.15) is 0 Å². The summed E-state index contributed by atoms with van der Waals surface area (Å²) in [6, 6.07) is 4.72. The van der Waals surface area contributed by atoms with Gasteiger partial charge in [0.15, 0.2) is 0 Å².